The van der Waals surface area contributed by atoms with Gasteiger partial charge in [-0.3, -0.25) is 0 Å². The van der Waals surface area contributed by atoms with E-state index in [0.717, 1.165) is 0 Å². The summed E-state index contributed by atoms with van der Waals surface area (Å²) < 4.78 is 25.1. The van der Waals surface area contributed by atoms with Crippen LogP contribution >= 0.6 is 0 Å². The van der Waals surface area contributed by atoms with E-state index in [4.69, 9.17) is 5.11 Å². The minimum Gasteiger partial charge on any atom is -0.508 e. The Kier molecular flexibility index (Phi) is 3.96. The van der Waals surface area contributed by atoms with Gasteiger partial charge in [0, 0.05) is 30.9 Å². The molecule has 1 aromatic carbocycles. The van der Waals surface area contributed by atoms with Crippen LogP contribution in [0.3, 0.4) is 0 Å². The van der Waals surface area contributed by atoms with E-state index < -0.39 is 6.55 Å². The molecule has 5 nitrogen and oxygen atoms in total. The average molecular weight is 269 g/mol. The fourth-order valence-corrected chi connectivity index (χ4v) is 1.61. The van der Waals surface area contributed by atoms with Gasteiger partial charge in [-0.2, -0.15) is 13.9 Å². The molecule has 102 valence electrons. The van der Waals surface area contributed by atoms with E-state index in [2.05, 4.69) is 10.4 Å². The molecule has 0 saturated carbocycles. The van der Waals surface area contributed by atoms with Gasteiger partial charge in [0.2, 0.25) is 0 Å². The minimum absolute atomic E-state index is 0.0167. The summed E-state index contributed by atoms with van der Waals surface area (Å²) in [6.45, 7) is -2.00. The number of aromatic hydroxyl groups is 2. The number of aromatic nitrogens is 2. The van der Waals surface area contributed by atoms with E-state index >= 15 is 0 Å². The van der Waals surface area contributed by atoms with Crippen LogP contribution in [0.4, 0.5) is 8.78 Å². The second kappa shape index (κ2) is 5.66. The van der Waals surface area contributed by atoms with Crippen LogP contribution in [0.15, 0.2) is 30.5 Å². The van der Waals surface area contributed by atoms with Crippen molar-refractivity contribution in [3.8, 4) is 11.5 Å². The molecule has 1 heterocycles. The minimum atomic E-state index is -2.64. The summed E-state index contributed by atoms with van der Waals surface area (Å²) in [5.41, 5.74) is 1.09. The lowest BCUT2D eigenvalue weighted by molar-refractivity contribution is 0.0561. The smallest absolute Gasteiger partial charge is 0.333 e. The molecule has 0 unspecified atom stereocenters. The van der Waals surface area contributed by atoms with Gasteiger partial charge in [-0.15, -0.1) is 0 Å². The molecule has 2 aromatic rings. The number of phenols is 2. The molecular formula is C12H13F2N3O2. The van der Waals surface area contributed by atoms with Gasteiger partial charge in [-0.05, 0) is 12.1 Å². The van der Waals surface area contributed by atoms with Crippen LogP contribution in [0, 0.1) is 0 Å². The third-order valence-corrected chi connectivity index (χ3v) is 2.55. The molecule has 0 aliphatic carbocycles. The van der Waals surface area contributed by atoms with Crippen LogP contribution < -0.4 is 5.32 Å². The van der Waals surface area contributed by atoms with Gasteiger partial charge in [-0.1, -0.05) is 6.07 Å². The third kappa shape index (κ3) is 3.41. The summed E-state index contributed by atoms with van der Waals surface area (Å²) in [4.78, 5) is 0. The maximum atomic E-state index is 12.3. The van der Waals surface area contributed by atoms with Crippen LogP contribution in [0.25, 0.3) is 0 Å². The Morgan fingerprint density at radius 1 is 1.21 bits per heavy atom. The van der Waals surface area contributed by atoms with Crippen molar-refractivity contribution in [1.29, 1.82) is 0 Å². The number of rotatable bonds is 5. The highest BCUT2D eigenvalue weighted by Crippen LogP contribution is 2.22. The molecule has 2 rings (SSSR count). The van der Waals surface area contributed by atoms with Crippen molar-refractivity contribution in [2.45, 2.75) is 19.6 Å². The highest BCUT2D eigenvalue weighted by molar-refractivity contribution is 5.38. The molecule has 0 saturated heterocycles. The molecule has 0 amide bonds. The molecule has 0 aliphatic rings. The Hall–Kier alpha value is -2.15. The number of nitrogens with zero attached hydrogens (tertiary/aromatic N) is 2. The molecule has 0 fully saturated rings. The normalized spacial score (nSPS) is 11.1. The van der Waals surface area contributed by atoms with Crippen molar-refractivity contribution in [1.82, 2.24) is 15.1 Å². The number of phenolic OH excluding ortho intramolecular Hbond substituents is 2. The highest BCUT2D eigenvalue weighted by Gasteiger charge is 2.07. The van der Waals surface area contributed by atoms with Crippen LogP contribution in [0.1, 0.15) is 17.8 Å². The fraction of sp³-hybridized carbons (Fsp3) is 0.250. The Morgan fingerprint density at radius 3 is 2.63 bits per heavy atom. The zero-order chi connectivity index (χ0) is 13.8. The van der Waals surface area contributed by atoms with Crippen LogP contribution in [-0.4, -0.2) is 20.0 Å². The topological polar surface area (TPSA) is 70.3 Å². The predicted molar refractivity (Wildman–Crippen MR) is 63.8 cm³/mol. The van der Waals surface area contributed by atoms with Gasteiger partial charge < -0.3 is 15.5 Å². The van der Waals surface area contributed by atoms with E-state index in [0.29, 0.717) is 29.0 Å². The van der Waals surface area contributed by atoms with Crippen LogP contribution in [0.5, 0.6) is 11.5 Å². The quantitative estimate of drug-likeness (QED) is 0.776. The van der Waals surface area contributed by atoms with Crippen molar-refractivity contribution >= 4 is 0 Å². The Labute approximate surface area is 108 Å². The number of halogens is 2. The highest BCUT2D eigenvalue weighted by atomic mass is 19.3. The summed E-state index contributed by atoms with van der Waals surface area (Å²) in [7, 11) is 0. The number of alkyl halides is 2. The average Bonchev–Trinajstić information content (AvgIpc) is 2.81. The van der Waals surface area contributed by atoms with E-state index in [1.54, 1.807) is 6.07 Å². The zero-order valence-electron chi connectivity index (χ0n) is 9.92. The standard InChI is InChI=1S/C12H13F2N3O2/c13-12(14)17-4-3-9(16-17)7-15-6-8-1-2-10(18)5-11(8)19/h1-5,12,15,18-19H,6-7H2. The molecule has 0 atom stereocenters. The first-order valence-corrected chi connectivity index (χ1v) is 5.60. The number of hydrogen-bond acceptors (Lipinski definition) is 4. The first-order chi connectivity index (χ1) is 9.06. The molecule has 19 heavy (non-hydrogen) atoms. The van der Waals surface area contributed by atoms with Crippen LogP contribution in [0.2, 0.25) is 0 Å². The summed E-state index contributed by atoms with van der Waals surface area (Å²) in [5, 5.41) is 25.3. The lowest BCUT2D eigenvalue weighted by Crippen LogP contribution is -2.13. The lowest BCUT2D eigenvalue weighted by Gasteiger charge is -2.06. The van der Waals surface area contributed by atoms with Crippen molar-refractivity contribution in [2.75, 3.05) is 0 Å². The first-order valence-electron chi connectivity index (χ1n) is 5.60. The zero-order valence-corrected chi connectivity index (χ0v) is 9.92. The monoisotopic (exact) mass is 269 g/mol. The molecule has 0 spiro atoms. The summed E-state index contributed by atoms with van der Waals surface area (Å²) in [6.07, 6.45) is 1.21. The van der Waals surface area contributed by atoms with Gasteiger partial charge in [0.15, 0.2) is 0 Å². The van der Waals surface area contributed by atoms with Crippen LogP contribution in [-0.2, 0) is 13.1 Å². The number of hydrogen-bond donors (Lipinski definition) is 3. The van der Waals surface area contributed by atoms with E-state index in [9.17, 15) is 13.9 Å². The molecule has 7 heteroatoms. The van der Waals surface area contributed by atoms with Crippen molar-refractivity contribution < 1.29 is 19.0 Å². The van der Waals surface area contributed by atoms with E-state index in [1.807, 2.05) is 0 Å². The molecular weight excluding hydrogens is 256 g/mol. The van der Waals surface area contributed by atoms with Gasteiger partial charge in [0.05, 0.1) is 5.69 Å². The van der Waals surface area contributed by atoms with Crippen molar-refractivity contribution in [2.24, 2.45) is 0 Å². The molecule has 0 radical (unpaired) electrons. The SMILES string of the molecule is Oc1ccc(CNCc2ccn(C(F)F)n2)c(O)c1. The number of benzene rings is 1. The third-order valence-electron chi connectivity index (χ3n) is 2.55. The molecule has 0 bridgehead atoms. The van der Waals surface area contributed by atoms with E-state index in [1.165, 1.54) is 24.4 Å². The first kappa shape index (κ1) is 13.3. The number of nitrogens with one attached hydrogen (secondary N) is 1. The molecule has 0 aliphatic heterocycles. The van der Waals surface area contributed by atoms with Crippen molar-refractivity contribution in [3.63, 3.8) is 0 Å². The fourth-order valence-electron chi connectivity index (χ4n) is 1.61. The summed E-state index contributed by atoms with van der Waals surface area (Å²) >= 11 is 0. The Morgan fingerprint density at radius 2 is 2.00 bits per heavy atom. The second-order valence-corrected chi connectivity index (χ2v) is 3.98. The maximum Gasteiger partial charge on any atom is 0.333 e. The molecule has 1 aromatic heterocycles. The van der Waals surface area contributed by atoms with E-state index in [-0.39, 0.29) is 11.5 Å². The summed E-state index contributed by atoms with van der Waals surface area (Å²) in [5.74, 6) is -0.0393. The van der Waals surface area contributed by atoms with Gasteiger partial charge in [-0.25, -0.2) is 4.68 Å². The maximum absolute atomic E-state index is 12.3. The second-order valence-electron chi connectivity index (χ2n) is 3.98. The lowest BCUT2D eigenvalue weighted by atomic mass is 10.2. The van der Waals surface area contributed by atoms with Crippen molar-refractivity contribution in [3.05, 3.63) is 41.7 Å². The Bertz CT molecular complexity index is 558. The van der Waals surface area contributed by atoms with Gasteiger partial charge >= 0.3 is 6.55 Å². The largest absolute Gasteiger partial charge is 0.508 e. The summed E-state index contributed by atoms with van der Waals surface area (Å²) in [6, 6.07) is 5.77. The Balaban J connectivity index is 1.89. The van der Waals surface area contributed by atoms with Gasteiger partial charge in [0.1, 0.15) is 11.5 Å². The molecule has 3 N–H and O–H groups in total. The predicted octanol–water partition coefficient (Wildman–Crippen LogP) is 1.98. The van der Waals surface area contributed by atoms with Gasteiger partial charge in [0.25, 0.3) is 0 Å².